The van der Waals surface area contributed by atoms with Crippen LogP contribution in [0.25, 0.3) is 0 Å². The van der Waals surface area contributed by atoms with Crippen LogP contribution in [-0.2, 0) is 0 Å². The van der Waals surface area contributed by atoms with Gasteiger partial charge in [-0.1, -0.05) is 43.7 Å². The molecule has 0 saturated heterocycles. The van der Waals surface area contributed by atoms with Gasteiger partial charge in [-0.3, -0.25) is 0 Å². The molecular weight excluding hydrogens is 210 g/mol. The highest BCUT2D eigenvalue weighted by Gasteiger charge is 2.14. The summed E-state index contributed by atoms with van der Waals surface area (Å²) in [4.78, 5) is 0. The van der Waals surface area contributed by atoms with Crippen molar-refractivity contribution in [3.05, 3.63) is 35.9 Å². The summed E-state index contributed by atoms with van der Waals surface area (Å²) in [7, 11) is 0. The van der Waals surface area contributed by atoms with E-state index in [9.17, 15) is 5.11 Å². The van der Waals surface area contributed by atoms with Crippen molar-refractivity contribution in [1.29, 1.82) is 0 Å². The predicted molar refractivity (Wildman–Crippen MR) is 73.0 cm³/mol. The first kappa shape index (κ1) is 14.2. The summed E-state index contributed by atoms with van der Waals surface area (Å²) in [6.07, 6.45) is 2.85. The maximum Gasteiger partial charge on any atom is 0.0526 e. The Kier molecular flexibility index (Phi) is 6.23. The van der Waals surface area contributed by atoms with Crippen LogP contribution in [0.5, 0.6) is 0 Å². The Bertz CT molecular complexity index is 297. The van der Waals surface area contributed by atoms with Gasteiger partial charge in [-0.25, -0.2) is 0 Å². The Morgan fingerprint density at radius 1 is 1.18 bits per heavy atom. The quantitative estimate of drug-likeness (QED) is 0.760. The molecule has 0 bridgehead atoms. The first-order chi connectivity index (χ1) is 8.13. The van der Waals surface area contributed by atoms with E-state index in [0.29, 0.717) is 12.1 Å². The molecular formula is C15H25NO. The summed E-state index contributed by atoms with van der Waals surface area (Å²) in [5, 5.41) is 13.0. The van der Waals surface area contributed by atoms with Crippen molar-refractivity contribution in [1.82, 2.24) is 5.32 Å². The summed E-state index contributed by atoms with van der Waals surface area (Å²) >= 11 is 0. The normalized spacial score (nSPS) is 16.5. The van der Waals surface area contributed by atoms with Gasteiger partial charge in [0.15, 0.2) is 0 Å². The summed E-state index contributed by atoms with van der Waals surface area (Å²) in [6, 6.07) is 11.3. The number of hydrogen-bond donors (Lipinski definition) is 2. The van der Waals surface area contributed by atoms with E-state index in [4.69, 9.17) is 0 Å². The van der Waals surface area contributed by atoms with Crippen LogP contribution in [0.1, 0.15) is 51.6 Å². The number of nitrogens with one attached hydrogen (secondary N) is 1. The molecule has 2 N–H and O–H groups in total. The number of benzene rings is 1. The largest absolute Gasteiger partial charge is 0.393 e. The molecule has 1 aromatic carbocycles. The van der Waals surface area contributed by atoms with Crippen LogP contribution in [0, 0.1) is 0 Å². The molecule has 2 heteroatoms. The second kappa shape index (κ2) is 7.46. The second-order valence-electron chi connectivity index (χ2n) is 4.90. The summed E-state index contributed by atoms with van der Waals surface area (Å²) < 4.78 is 0. The number of aliphatic hydroxyl groups is 1. The van der Waals surface area contributed by atoms with Gasteiger partial charge in [0.1, 0.15) is 0 Å². The minimum atomic E-state index is -0.240. The van der Waals surface area contributed by atoms with E-state index >= 15 is 0 Å². The van der Waals surface area contributed by atoms with Crippen molar-refractivity contribution in [2.45, 2.75) is 58.2 Å². The van der Waals surface area contributed by atoms with Crippen LogP contribution in [0.3, 0.4) is 0 Å². The lowest BCUT2D eigenvalue weighted by atomic mass is 10.0. The number of hydrogen-bond acceptors (Lipinski definition) is 2. The molecule has 0 aliphatic rings. The predicted octanol–water partition coefficient (Wildman–Crippen LogP) is 3.28. The third-order valence-electron chi connectivity index (χ3n) is 2.96. The van der Waals surface area contributed by atoms with Gasteiger partial charge >= 0.3 is 0 Å². The Labute approximate surface area is 105 Å². The summed E-state index contributed by atoms with van der Waals surface area (Å²) in [5.41, 5.74) is 1.34. The zero-order valence-electron chi connectivity index (χ0n) is 11.2. The fourth-order valence-electron chi connectivity index (χ4n) is 2.24. The molecule has 0 aliphatic carbocycles. The van der Waals surface area contributed by atoms with Gasteiger partial charge in [-0.15, -0.1) is 0 Å². The molecule has 0 spiro atoms. The van der Waals surface area contributed by atoms with Crippen LogP contribution in [0.4, 0.5) is 0 Å². The SMILES string of the molecule is CCCC(NC(C)CC(C)O)c1ccccc1. The standard InChI is InChI=1S/C15H25NO/c1-4-8-15(14-9-6-5-7-10-14)16-12(2)11-13(3)17/h5-7,9-10,12-13,15-17H,4,8,11H2,1-3H3. The average Bonchev–Trinajstić information content (AvgIpc) is 2.28. The summed E-state index contributed by atoms with van der Waals surface area (Å²) in [5.74, 6) is 0. The fourth-order valence-corrected chi connectivity index (χ4v) is 2.24. The molecule has 3 unspecified atom stereocenters. The third-order valence-corrected chi connectivity index (χ3v) is 2.96. The van der Waals surface area contributed by atoms with Gasteiger partial charge in [0.25, 0.3) is 0 Å². The van der Waals surface area contributed by atoms with E-state index in [1.54, 1.807) is 0 Å². The summed E-state index contributed by atoms with van der Waals surface area (Å²) in [6.45, 7) is 6.19. The van der Waals surface area contributed by atoms with Gasteiger partial charge in [-0.05, 0) is 32.3 Å². The average molecular weight is 235 g/mol. The van der Waals surface area contributed by atoms with Crippen molar-refractivity contribution in [2.75, 3.05) is 0 Å². The molecule has 0 amide bonds. The van der Waals surface area contributed by atoms with Gasteiger partial charge < -0.3 is 10.4 Å². The topological polar surface area (TPSA) is 32.3 Å². The monoisotopic (exact) mass is 235 g/mol. The van der Waals surface area contributed by atoms with Crippen LogP contribution in [0.15, 0.2) is 30.3 Å². The van der Waals surface area contributed by atoms with Crippen molar-refractivity contribution < 1.29 is 5.11 Å². The van der Waals surface area contributed by atoms with Crippen LogP contribution in [0.2, 0.25) is 0 Å². The van der Waals surface area contributed by atoms with Crippen molar-refractivity contribution in [2.24, 2.45) is 0 Å². The Balaban J connectivity index is 2.60. The highest BCUT2D eigenvalue weighted by atomic mass is 16.3. The molecule has 96 valence electrons. The maximum atomic E-state index is 9.40. The maximum absolute atomic E-state index is 9.40. The van der Waals surface area contributed by atoms with Crippen molar-refractivity contribution >= 4 is 0 Å². The third kappa shape index (κ3) is 5.33. The van der Waals surface area contributed by atoms with Crippen LogP contribution < -0.4 is 5.32 Å². The van der Waals surface area contributed by atoms with E-state index in [1.807, 2.05) is 13.0 Å². The smallest absolute Gasteiger partial charge is 0.0526 e. The van der Waals surface area contributed by atoms with E-state index in [1.165, 1.54) is 5.56 Å². The molecule has 1 aromatic rings. The zero-order valence-corrected chi connectivity index (χ0v) is 11.2. The molecule has 0 radical (unpaired) electrons. The highest BCUT2D eigenvalue weighted by Crippen LogP contribution is 2.19. The van der Waals surface area contributed by atoms with Crippen molar-refractivity contribution in [3.63, 3.8) is 0 Å². The molecule has 0 aromatic heterocycles. The lowest BCUT2D eigenvalue weighted by Gasteiger charge is -2.24. The van der Waals surface area contributed by atoms with Gasteiger partial charge in [0.05, 0.1) is 6.10 Å². The Hall–Kier alpha value is -0.860. The lowest BCUT2D eigenvalue weighted by molar-refractivity contribution is 0.167. The van der Waals surface area contributed by atoms with E-state index in [2.05, 4.69) is 43.4 Å². The Morgan fingerprint density at radius 2 is 1.82 bits per heavy atom. The van der Waals surface area contributed by atoms with Gasteiger partial charge in [-0.2, -0.15) is 0 Å². The zero-order chi connectivity index (χ0) is 12.7. The first-order valence-electron chi connectivity index (χ1n) is 6.62. The second-order valence-corrected chi connectivity index (χ2v) is 4.90. The highest BCUT2D eigenvalue weighted by molar-refractivity contribution is 5.18. The van der Waals surface area contributed by atoms with E-state index < -0.39 is 0 Å². The number of aliphatic hydroxyl groups excluding tert-OH is 1. The fraction of sp³-hybridized carbons (Fsp3) is 0.600. The van der Waals surface area contributed by atoms with Crippen molar-refractivity contribution in [3.8, 4) is 0 Å². The molecule has 0 heterocycles. The molecule has 17 heavy (non-hydrogen) atoms. The molecule has 3 atom stereocenters. The molecule has 0 aliphatic heterocycles. The molecule has 2 nitrogen and oxygen atoms in total. The van der Waals surface area contributed by atoms with E-state index in [0.717, 1.165) is 19.3 Å². The lowest BCUT2D eigenvalue weighted by Crippen LogP contribution is -2.32. The Morgan fingerprint density at radius 3 is 2.35 bits per heavy atom. The minimum absolute atomic E-state index is 0.240. The first-order valence-corrected chi connectivity index (χ1v) is 6.62. The molecule has 0 saturated carbocycles. The van der Waals surface area contributed by atoms with Crippen LogP contribution in [-0.4, -0.2) is 17.3 Å². The van der Waals surface area contributed by atoms with Gasteiger partial charge in [0.2, 0.25) is 0 Å². The molecule has 0 fully saturated rings. The number of rotatable bonds is 7. The van der Waals surface area contributed by atoms with Gasteiger partial charge in [0, 0.05) is 12.1 Å². The van der Waals surface area contributed by atoms with Crippen LogP contribution >= 0.6 is 0 Å². The minimum Gasteiger partial charge on any atom is -0.393 e. The molecule has 1 rings (SSSR count). The van der Waals surface area contributed by atoms with E-state index in [-0.39, 0.29) is 6.10 Å².